The first-order valence-corrected chi connectivity index (χ1v) is 16.7. The van der Waals surface area contributed by atoms with E-state index in [4.69, 9.17) is 9.94 Å². The molecule has 11 heteroatoms. The third-order valence-corrected chi connectivity index (χ3v) is 7.67. The Labute approximate surface area is 284 Å². The number of alkyl carbamates (subject to hydrolysis) is 1. The number of benzene rings is 2. The van der Waals surface area contributed by atoms with Crippen molar-refractivity contribution in [2.24, 2.45) is 5.16 Å². The predicted molar refractivity (Wildman–Crippen MR) is 187 cm³/mol. The number of amides is 3. The topological polar surface area (TPSA) is 158 Å². The van der Waals surface area contributed by atoms with Crippen molar-refractivity contribution < 1.29 is 34.2 Å². The molecular formula is C37H52N4O7. The van der Waals surface area contributed by atoms with E-state index >= 15 is 0 Å². The number of hydrogen-bond acceptors (Lipinski definition) is 7. The second-order valence-electron chi connectivity index (χ2n) is 12.5. The van der Waals surface area contributed by atoms with Crippen LogP contribution in [0, 0.1) is 0 Å². The van der Waals surface area contributed by atoms with Gasteiger partial charge in [-0.3, -0.25) is 9.59 Å². The number of carboxylic acid groups (broad SMARTS) is 1. The van der Waals surface area contributed by atoms with Crippen molar-refractivity contribution >= 4 is 29.6 Å². The summed E-state index contributed by atoms with van der Waals surface area (Å²) in [5.74, 6) is -2.11. The van der Waals surface area contributed by atoms with E-state index in [-0.39, 0.29) is 6.54 Å². The summed E-state index contributed by atoms with van der Waals surface area (Å²) in [5.41, 5.74) is 2.70. The Balaban J connectivity index is 0.000000386. The zero-order chi connectivity index (χ0) is 35.9. The zero-order valence-electron chi connectivity index (χ0n) is 29.3. The largest absolute Gasteiger partial charge is 0.479 e. The number of likely N-dealkylation sites (tertiary alicyclic amines) is 1. The maximum atomic E-state index is 12.8. The molecular weight excluding hydrogens is 612 g/mol. The molecule has 1 saturated heterocycles. The monoisotopic (exact) mass is 664 g/mol. The molecule has 2 aromatic rings. The number of hydrogen-bond donors (Lipinski definition) is 4. The van der Waals surface area contributed by atoms with Gasteiger partial charge in [0.15, 0.2) is 5.54 Å². The van der Waals surface area contributed by atoms with Crippen LogP contribution in [0.5, 0.6) is 0 Å². The lowest BCUT2D eigenvalue weighted by atomic mass is 9.99. The number of carboxylic acids is 1. The fraction of sp³-hybridized carbons (Fsp3) is 0.486. The Morgan fingerprint density at radius 1 is 0.958 bits per heavy atom. The molecule has 2 aromatic carbocycles. The molecule has 1 aliphatic carbocycles. The second-order valence-corrected chi connectivity index (χ2v) is 12.5. The summed E-state index contributed by atoms with van der Waals surface area (Å²) >= 11 is 0. The third-order valence-electron chi connectivity index (χ3n) is 7.67. The molecule has 1 aliphatic heterocycles. The number of nitrogens with zero attached hydrogens (tertiary/aromatic N) is 2. The first kappa shape index (κ1) is 39.5. The summed E-state index contributed by atoms with van der Waals surface area (Å²) in [6, 6.07) is 15.2. The fourth-order valence-electron chi connectivity index (χ4n) is 5.34. The summed E-state index contributed by atoms with van der Waals surface area (Å²) < 4.78 is 5.11. The lowest BCUT2D eigenvalue weighted by Crippen LogP contribution is -2.57. The molecule has 0 spiro atoms. The van der Waals surface area contributed by atoms with E-state index in [9.17, 15) is 24.3 Å². The lowest BCUT2D eigenvalue weighted by molar-refractivity contribution is -0.146. The van der Waals surface area contributed by atoms with Crippen LogP contribution in [0.2, 0.25) is 0 Å². The van der Waals surface area contributed by atoms with Gasteiger partial charge in [-0.1, -0.05) is 99.5 Å². The first-order chi connectivity index (χ1) is 22.8. The van der Waals surface area contributed by atoms with Crippen molar-refractivity contribution in [2.45, 2.75) is 104 Å². The van der Waals surface area contributed by atoms with Gasteiger partial charge >= 0.3 is 12.1 Å². The summed E-state index contributed by atoms with van der Waals surface area (Å²) in [6.45, 7) is 12.7. The summed E-state index contributed by atoms with van der Waals surface area (Å²) in [4.78, 5) is 50.3. The van der Waals surface area contributed by atoms with Crippen LogP contribution in [0.3, 0.4) is 0 Å². The number of nitrogens with one attached hydrogen (secondary N) is 2. The minimum Gasteiger partial charge on any atom is -0.479 e. The molecule has 2 atom stereocenters. The molecule has 48 heavy (non-hydrogen) atoms. The highest BCUT2D eigenvalue weighted by atomic mass is 16.6. The molecule has 1 heterocycles. The highest BCUT2D eigenvalue weighted by Crippen LogP contribution is 2.36. The van der Waals surface area contributed by atoms with Gasteiger partial charge in [-0.05, 0) is 64.5 Å². The van der Waals surface area contributed by atoms with E-state index in [1.165, 1.54) is 17.9 Å². The van der Waals surface area contributed by atoms with E-state index in [1.54, 1.807) is 26.8 Å². The molecule has 0 saturated carbocycles. The molecule has 4 rings (SSSR count). The fourth-order valence-corrected chi connectivity index (χ4v) is 5.34. The van der Waals surface area contributed by atoms with Crippen molar-refractivity contribution in [3.63, 3.8) is 0 Å². The number of carbonyl (C=O) groups is 4. The molecule has 2 aliphatic rings. The van der Waals surface area contributed by atoms with E-state index in [0.717, 1.165) is 47.9 Å². The van der Waals surface area contributed by atoms with E-state index in [0.29, 0.717) is 25.1 Å². The van der Waals surface area contributed by atoms with Gasteiger partial charge in [0.2, 0.25) is 11.8 Å². The van der Waals surface area contributed by atoms with Crippen LogP contribution in [-0.4, -0.2) is 75.1 Å². The van der Waals surface area contributed by atoms with Gasteiger partial charge in [0.25, 0.3) is 0 Å². The number of carbonyl (C=O) groups excluding carboxylic acids is 3. The highest BCUT2D eigenvalue weighted by molar-refractivity contribution is 6.24. The van der Waals surface area contributed by atoms with Gasteiger partial charge in [-0.15, -0.1) is 0 Å². The second kappa shape index (κ2) is 18.6. The Kier molecular flexibility index (Phi) is 15.3. The standard InChI is InChI=1S/C22H37N3O6.C13H9NO.C2H6/c1-6-7-8-9-10-13-22(5,19(28)29)24-18(27)16-12-11-14-25(16)17(26)15-23-20(30)31-21(2,3)4;15-14-13-11-7-3-1-5-9(11)10-6-2-4-8-12(10)13;1-2/h10,13,16H,6-9,11-12,14-15H2,1-5H3,(H,23,30)(H,24,27)(H,28,29);1-8,15H;1-2H3/b13-10-;;. The average Bonchev–Trinajstić information content (AvgIpc) is 3.67. The van der Waals surface area contributed by atoms with Gasteiger partial charge in [0, 0.05) is 17.7 Å². The van der Waals surface area contributed by atoms with Gasteiger partial charge in [-0.25, -0.2) is 9.59 Å². The minimum atomic E-state index is -1.56. The molecule has 3 amide bonds. The number of allylic oxidation sites excluding steroid dienone is 1. The number of rotatable bonds is 10. The molecule has 0 radical (unpaired) electrons. The van der Waals surface area contributed by atoms with Gasteiger partial charge in [0.1, 0.15) is 23.9 Å². The normalized spacial score (nSPS) is 15.9. The SMILES string of the molecule is CC.CCCCC/C=C\C(C)(NC(=O)C1CCCN1C(=O)CNC(=O)OC(C)(C)C)C(=O)O.ON=C1c2ccccc2-c2ccccc21. The van der Waals surface area contributed by atoms with Crippen molar-refractivity contribution in [3.05, 3.63) is 71.8 Å². The average molecular weight is 665 g/mol. The number of oxime groups is 1. The smallest absolute Gasteiger partial charge is 0.408 e. The maximum absolute atomic E-state index is 12.8. The Hall–Kier alpha value is -4.67. The zero-order valence-corrected chi connectivity index (χ0v) is 29.3. The Bertz CT molecular complexity index is 1420. The van der Waals surface area contributed by atoms with Crippen LogP contribution >= 0.6 is 0 Å². The van der Waals surface area contributed by atoms with Crippen LogP contribution in [0.25, 0.3) is 11.1 Å². The third kappa shape index (κ3) is 11.0. The van der Waals surface area contributed by atoms with Crippen LogP contribution in [0.4, 0.5) is 4.79 Å². The Morgan fingerprint density at radius 3 is 2.02 bits per heavy atom. The van der Waals surface area contributed by atoms with E-state index in [1.807, 2.05) is 62.4 Å². The van der Waals surface area contributed by atoms with Crippen molar-refractivity contribution in [1.82, 2.24) is 15.5 Å². The Morgan fingerprint density at radius 2 is 1.52 bits per heavy atom. The van der Waals surface area contributed by atoms with Crippen LogP contribution in [0.15, 0.2) is 65.8 Å². The van der Waals surface area contributed by atoms with E-state index in [2.05, 4.69) is 22.7 Å². The molecule has 11 nitrogen and oxygen atoms in total. The molecule has 0 bridgehead atoms. The molecule has 1 fully saturated rings. The van der Waals surface area contributed by atoms with Gasteiger partial charge in [-0.2, -0.15) is 0 Å². The summed E-state index contributed by atoms with van der Waals surface area (Å²) in [5, 5.41) is 27.0. The molecule has 0 aromatic heterocycles. The van der Waals surface area contributed by atoms with Crippen LogP contribution in [-0.2, 0) is 19.1 Å². The minimum absolute atomic E-state index is 0.299. The quantitative estimate of drug-likeness (QED) is 0.0832. The van der Waals surface area contributed by atoms with Crippen molar-refractivity contribution in [2.75, 3.05) is 13.1 Å². The number of ether oxygens (including phenoxy) is 1. The number of unbranched alkanes of at least 4 members (excludes halogenated alkanes) is 3. The lowest BCUT2D eigenvalue weighted by Gasteiger charge is -2.29. The maximum Gasteiger partial charge on any atom is 0.408 e. The molecule has 2 unspecified atom stereocenters. The summed E-state index contributed by atoms with van der Waals surface area (Å²) in [7, 11) is 0. The van der Waals surface area contributed by atoms with Crippen LogP contribution in [0.1, 0.15) is 98.1 Å². The van der Waals surface area contributed by atoms with Crippen molar-refractivity contribution in [3.8, 4) is 11.1 Å². The van der Waals surface area contributed by atoms with E-state index < -0.39 is 41.1 Å². The predicted octanol–water partition coefficient (Wildman–Crippen LogP) is 6.52. The number of fused-ring (bicyclic) bond motifs is 3. The number of aliphatic carboxylic acids is 1. The first-order valence-electron chi connectivity index (χ1n) is 16.7. The molecule has 4 N–H and O–H groups in total. The van der Waals surface area contributed by atoms with Gasteiger partial charge in [0.05, 0.1) is 0 Å². The summed E-state index contributed by atoms with van der Waals surface area (Å²) in [6.07, 6.45) is 7.40. The van der Waals surface area contributed by atoms with Crippen molar-refractivity contribution in [1.29, 1.82) is 0 Å². The highest BCUT2D eigenvalue weighted by Gasteiger charge is 2.39. The van der Waals surface area contributed by atoms with Crippen LogP contribution < -0.4 is 10.6 Å². The molecule has 262 valence electrons. The van der Waals surface area contributed by atoms with Gasteiger partial charge < -0.3 is 30.6 Å².